The predicted octanol–water partition coefficient (Wildman–Crippen LogP) is 4.30. The highest BCUT2D eigenvalue weighted by Crippen LogP contribution is 2.36. The Hall–Kier alpha value is -3.79. The molecular weight excluding hydrogens is 478 g/mol. The molecule has 0 radical (unpaired) electrons. The summed E-state index contributed by atoms with van der Waals surface area (Å²) in [7, 11) is 0. The zero-order valence-electron chi connectivity index (χ0n) is 22.2. The molecule has 0 unspecified atom stereocenters. The van der Waals surface area contributed by atoms with Gasteiger partial charge in [0.15, 0.2) is 0 Å². The summed E-state index contributed by atoms with van der Waals surface area (Å²) in [5, 5.41) is 5.47. The van der Waals surface area contributed by atoms with Gasteiger partial charge in [0.2, 0.25) is 0 Å². The lowest BCUT2D eigenvalue weighted by atomic mass is 10.0. The molecule has 37 heavy (non-hydrogen) atoms. The topological polar surface area (TPSA) is 128 Å². The number of aromatic nitrogens is 1. The van der Waals surface area contributed by atoms with Crippen molar-refractivity contribution in [2.75, 3.05) is 31.7 Å². The number of carbonyl (C=O) groups is 3. The van der Waals surface area contributed by atoms with Gasteiger partial charge in [0.25, 0.3) is 5.91 Å². The lowest BCUT2D eigenvalue weighted by Gasteiger charge is -2.20. The third-order valence-electron chi connectivity index (χ3n) is 5.15. The van der Waals surface area contributed by atoms with Crippen LogP contribution in [0.15, 0.2) is 24.3 Å². The molecular formula is C27H35N3O7. The van der Waals surface area contributed by atoms with E-state index in [1.807, 2.05) is 13.8 Å². The Morgan fingerprint density at radius 3 is 2.65 bits per heavy atom. The summed E-state index contributed by atoms with van der Waals surface area (Å²) < 4.78 is 21.9. The molecule has 0 saturated carbocycles. The molecule has 2 amide bonds. The lowest BCUT2D eigenvalue weighted by molar-refractivity contribution is -0.110. The van der Waals surface area contributed by atoms with Gasteiger partial charge in [0.1, 0.15) is 17.5 Å². The van der Waals surface area contributed by atoms with Gasteiger partial charge in [-0.05, 0) is 71.9 Å². The second-order valence-corrected chi connectivity index (χ2v) is 9.65. The number of aromatic amines is 1. The maximum Gasteiger partial charge on any atom is 0.407 e. The van der Waals surface area contributed by atoms with Crippen molar-refractivity contribution < 1.29 is 33.3 Å². The van der Waals surface area contributed by atoms with Crippen molar-refractivity contribution in [3.63, 3.8) is 0 Å². The number of ether oxygens (including phenoxy) is 4. The molecule has 0 bridgehead atoms. The molecule has 1 aliphatic heterocycles. The zero-order valence-corrected chi connectivity index (χ0v) is 22.2. The first-order valence-corrected chi connectivity index (χ1v) is 12.2. The quantitative estimate of drug-likeness (QED) is 0.245. The van der Waals surface area contributed by atoms with Crippen molar-refractivity contribution in [2.24, 2.45) is 0 Å². The number of alkyl carbamates (subject to hydrolysis) is 1. The fraction of sp³-hybridized carbons (Fsp3) is 0.444. The normalized spacial score (nSPS) is 14.6. The van der Waals surface area contributed by atoms with E-state index in [1.54, 1.807) is 58.0 Å². The van der Waals surface area contributed by atoms with E-state index < -0.39 is 17.7 Å². The van der Waals surface area contributed by atoms with E-state index in [4.69, 9.17) is 18.9 Å². The minimum absolute atomic E-state index is 0.255. The van der Waals surface area contributed by atoms with Crippen LogP contribution in [0.3, 0.4) is 0 Å². The number of amides is 2. The molecule has 0 spiro atoms. The predicted molar refractivity (Wildman–Crippen MR) is 140 cm³/mol. The molecule has 1 atom stereocenters. The number of aryl methyl sites for hydroxylation is 1. The van der Waals surface area contributed by atoms with E-state index in [0.29, 0.717) is 53.6 Å². The van der Waals surface area contributed by atoms with Crippen molar-refractivity contribution in [1.82, 2.24) is 10.3 Å². The second-order valence-electron chi connectivity index (χ2n) is 9.65. The number of rotatable bonds is 10. The summed E-state index contributed by atoms with van der Waals surface area (Å²) in [6, 6.07) is 7.02. The van der Waals surface area contributed by atoms with Gasteiger partial charge in [0, 0.05) is 23.5 Å². The van der Waals surface area contributed by atoms with Gasteiger partial charge in [-0.3, -0.25) is 4.79 Å². The number of esters is 1. The summed E-state index contributed by atoms with van der Waals surface area (Å²) in [5.41, 5.74) is 2.82. The Bertz CT molecular complexity index is 1180. The minimum Gasteiger partial charge on any atom is -0.488 e. The number of H-pyrrole nitrogens is 1. The molecule has 200 valence electrons. The van der Waals surface area contributed by atoms with Crippen LogP contribution in [0.5, 0.6) is 5.75 Å². The summed E-state index contributed by atoms with van der Waals surface area (Å²) in [5.74, 6) is -0.162. The first-order valence-electron chi connectivity index (χ1n) is 12.2. The van der Waals surface area contributed by atoms with Gasteiger partial charge in [-0.15, -0.1) is 0 Å². The molecule has 0 aliphatic carbocycles. The lowest BCUT2D eigenvalue weighted by Crippen LogP contribution is -2.34. The summed E-state index contributed by atoms with van der Waals surface area (Å²) in [4.78, 5) is 39.8. The Kier molecular flexibility index (Phi) is 8.99. The maximum atomic E-state index is 12.7. The van der Waals surface area contributed by atoms with Crippen molar-refractivity contribution in [3.05, 3.63) is 46.8 Å². The number of hydrogen-bond acceptors (Lipinski definition) is 7. The van der Waals surface area contributed by atoms with Crippen LogP contribution in [0.1, 0.15) is 61.9 Å². The summed E-state index contributed by atoms with van der Waals surface area (Å²) in [6.07, 6.45) is 0.877. The van der Waals surface area contributed by atoms with Crippen molar-refractivity contribution in [2.45, 2.75) is 53.2 Å². The van der Waals surface area contributed by atoms with Gasteiger partial charge in [0.05, 0.1) is 36.7 Å². The van der Waals surface area contributed by atoms with Crippen molar-refractivity contribution in [3.8, 4) is 5.75 Å². The average Bonchev–Trinajstić information content (AvgIpc) is 3.31. The van der Waals surface area contributed by atoms with Crippen LogP contribution in [0.25, 0.3) is 11.6 Å². The van der Waals surface area contributed by atoms with E-state index >= 15 is 0 Å². The fourth-order valence-corrected chi connectivity index (χ4v) is 3.68. The minimum atomic E-state index is -0.554. The highest BCUT2D eigenvalue weighted by atomic mass is 16.6. The number of nitrogens with one attached hydrogen (secondary N) is 3. The monoisotopic (exact) mass is 513 g/mol. The Labute approximate surface area is 216 Å². The average molecular weight is 514 g/mol. The molecule has 2 aromatic rings. The zero-order chi connectivity index (χ0) is 27.2. The molecule has 0 saturated heterocycles. The fourth-order valence-electron chi connectivity index (χ4n) is 3.68. The largest absolute Gasteiger partial charge is 0.488 e. The highest BCUT2D eigenvalue weighted by molar-refractivity contribution is 6.35. The molecule has 1 aliphatic rings. The van der Waals surface area contributed by atoms with Crippen molar-refractivity contribution in [1.29, 1.82) is 0 Å². The smallest absolute Gasteiger partial charge is 0.407 e. The van der Waals surface area contributed by atoms with Crippen LogP contribution >= 0.6 is 0 Å². The number of benzene rings is 1. The van der Waals surface area contributed by atoms with Gasteiger partial charge in [-0.1, -0.05) is 0 Å². The summed E-state index contributed by atoms with van der Waals surface area (Å²) >= 11 is 0. The molecule has 10 nitrogen and oxygen atoms in total. The third-order valence-corrected chi connectivity index (χ3v) is 5.15. The van der Waals surface area contributed by atoms with Crippen LogP contribution < -0.4 is 15.4 Å². The number of fused-ring (bicyclic) bond motifs is 1. The Morgan fingerprint density at radius 2 is 1.95 bits per heavy atom. The SMILES string of the molecule is CCOC(=O)c1cc(C)[nH]c1/C=C1\C(=O)Nc2ccc(O[C@@H](C)COCCNC(=O)OC(C)(C)C)cc21. The molecule has 3 N–H and O–H groups in total. The van der Waals surface area contributed by atoms with E-state index in [-0.39, 0.29) is 18.6 Å². The van der Waals surface area contributed by atoms with Crippen LogP contribution in [0.4, 0.5) is 10.5 Å². The third kappa shape index (κ3) is 7.85. The molecule has 2 heterocycles. The van der Waals surface area contributed by atoms with Crippen LogP contribution in [0, 0.1) is 6.92 Å². The van der Waals surface area contributed by atoms with E-state index in [0.717, 1.165) is 5.69 Å². The van der Waals surface area contributed by atoms with E-state index in [9.17, 15) is 14.4 Å². The highest BCUT2D eigenvalue weighted by Gasteiger charge is 2.26. The summed E-state index contributed by atoms with van der Waals surface area (Å²) in [6.45, 7) is 12.0. The molecule has 0 fully saturated rings. The van der Waals surface area contributed by atoms with Gasteiger partial charge in [-0.25, -0.2) is 9.59 Å². The first kappa shape index (κ1) is 27.8. The Morgan fingerprint density at radius 1 is 1.19 bits per heavy atom. The number of anilines is 1. The number of carbonyl (C=O) groups excluding carboxylic acids is 3. The van der Waals surface area contributed by atoms with Gasteiger partial charge < -0.3 is 34.6 Å². The molecule has 10 heteroatoms. The van der Waals surface area contributed by atoms with Crippen LogP contribution in [-0.4, -0.2) is 61.0 Å². The van der Waals surface area contributed by atoms with Gasteiger partial charge in [-0.2, -0.15) is 0 Å². The second kappa shape index (κ2) is 12.0. The number of hydrogen-bond donors (Lipinski definition) is 3. The van der Waals surface area contributed by atoms with Crippen molar-refractivity contribution >= 4 is 35.3 Å². The molecule has 1 aromatic heterocycles. The van der Waals surface area contributed by atoms with Gasteiger partial charge >= 0.3 is 12.1 Å². The first-order chi connectivity index (χ1) is 17.5. The maximum absolute atomic E-state index is 12.7. The Balaban J connectivity index is 1.61. The van der Waals surface area contributed by atoms with E-state index in [1.165, 1.54) is 0 Å². The standard InChI is InChI=1S/C27H35N3O7/c1-7-35-25(32)21-12-16(2)29-23(21)14-20-19-13-18(8-9-22(19)30-24(20)31)36-17(3)15-34-11-10-28-26(33)37-27(4,5)6/h8-9,12-14,17,29H,7,10-11,15H2,1-6H3,(H,28,33)(H,30,31)/b20-14-/t17-/m0/s1. The van der Waals surface area contributed by atoms with E-state index in [2.05, 4.69) is 15.6 Å². The molecule has 3 rings (SSSR count). The van der Waals surface area contributed by atoms with Crippen LogP contribution in [0.2, 0.25) is 0 Å². The van der Waals surface area contributed by atoms with Crippen LogP contribution in [-0.2, 0) is 19.0 Å². The molecule has 1 aromatic carbocycles.